The summed E-state index contributed by atoms with van der Waals surface area (Å²) in [5.74, 6) is 0.168. The fourth-order valence-electron chi connectivity index (χ4n) is 5.44. The minimum Gasteiger partial charge on any atom is -0.410 e. The maximum absolute atomic E-state index is 12.0. The van der Waals surface area contributed by atoms with Gasteiger partial charge in [0.1, 0.15) is 6.10 Å². The first kappa shape index (κ1) is 30.8. The number of aliphatic hydroxyl groups is 1. The number of allylic oxidation sites excluding steroid dienone is 1. The van der Waals surface area contributed by atoms with Crippen LogP contribution in [0.4, 0.5) is 0 Å². The number of rotatable bonds is 6. The number of hydrogen-bond donors (Lipinski definition) is 1. The maximum Gasteiger partial charge on any atom is 0.192 e. The quantitative estimate of drug-likeness (QED) is 0.374. The fraction of sp³-hybridized carbons (Fsp3) is 0.618. The van der Waals surface area contributed by atoms with Gasteiger partial charge in [0, 0.05) is 22.5 Å². The van der Waals surface area contributed by atoms with Gasteiger partial charge in [-0.3, -0.25) is 4.98 Å². The minimum atomic E-state index is -2.07. The molecular formula is C34H53NO2Si. The molecule has 2 aromatic rings. The van der Waals surface area contributed by atoms with E-state index in [0.29, 0.717) is 0 Å². The first-order valence-corrected chi connectivity index (χ1v) is 17.3. The van der Waals surface area contributed by atoms with Crippen molar-refractivity contribution in [1.29, 1.82) is 0 Å². The second kappa shape index (κ2) is 10.3. The normalized spacial score (nSPS) is 18.9. The van der Waals surface area contributed by atoms with Crippen molar-refractivity contribution < 1.29 is 9.53 Å². The molecule has 0 spiro atoms. The molecule has 2 atom stereocenters. The van der Waals surface area contributed by atoms with Crippen molar-refractivity contribution in [1.82, 2.24) is 4.98 Å². The molecule has 4 heteroatoms. The Morgan fingerprint density at radius 2 is 1.63 bits per heavy atom. The van der Waals surface area contributed by atoms with Crippen LogP contribution in [-0.2, 0) is 16.3 Å². The zero-order valence-electron chi connectivity index (χ0n) is 26.5. The predicted molar refractivity (Wildman–Crippen MR) is 165 cm³/mol. The molecule has 1 aliphatic rings. The standard InChI is InChI=1S/C34H53NO2Si/c1-21(2)27-28-25(19-34(11,12)20-26(28)37-38(13,14)33(8,9)10)35-30(22(3)4)29(27)31(36)23-15-17-24(18-16-23)32(5,6)7/h15-18,22,26,31,36H,1,19-20H2,2-14H3. The van der Waals surface area contributed by atoms with E-state index in [4.69, 9.17) is 9.41 Å². The summed E-state index contributed by atoms with van der Waals surface area (Å²) in [6, 6.07) is 8.44. The predicted octanol–water partition coefficient (Wildman–Crippen LogP) is 9.65. The third-order valence-electron chi connectivity index (χ3n) is 8.67. The van der Waals surface area contributed by atoms with Crippen LogP contribution in [0.25, 0.3) is 5.57 Å². The monoisotopic (exact) mass is 535 g/mol. The van der Waals surface area contributed by atoms with Crippen LogP contribution in [0.3, 0.4) is 0 Å². The van der Waals surface area contributed by atoms with Crippen molar-refractivity contribution in [2.45, 2.75) is 131 Å². The van der Waals surface area contributed by atoms with Gasteiger partial charge < -0.3 is 9.53 Å². The van der Waals surface area contributed by atoms with Crippen molar-refractivity contribution >= 4 is 13.9 Å². The second-order valence-corrected chi connectivity index (χ2v) is 20.0. The van der Waals surface area contributed by atoms with Gasteiger partial charge in [0.05, 0.1) is 6.10 Å². The molecule has 1 aromatic heterocycles. The van der Waals surface area contributed by atoms with E-state index in [1.54, 1.807) is 0 Å². The van der Waals surface area contributed by atoms with E-state index >= 15 is 0 Å². The molecule has 2 unspecified atom stereocenters. The van der Waals surface area contributed by atoms with Crippen molar-refractivity contribution in [3.63, 3.8) is 0 Å². The Balaban J connectivity index is 2.30. The second-order valence-electron chi connectivity index (χ2n) is 15.3. The van der Waals surface area contributed by atoms with Crippen LogP contribution in [-0.4, -0.2) is 18.4 Å². The Labute approximate surface area is 234 Å². The summed E-state index contributed by atoms with van der Waals surface area (Å²) in [6.45, 7) is 33.7. The summed E-state index contributed by atoms with van der Waals surface area (Å²) in [6.07, 6.45) is 0.987. The molecule has 0 amide bonds. The highest BCUT2D eigenvalue weighted by Gasteiger charge is 2.44. The number of aromatic nitrogens is 1. The summed E-state index contributed by atoms with van der Waals surface area (Å²) >= 11 is 0. The molecule has 1 aliphatic carbocycles. The van der Waals surface area contributed by atoms with E-state index in [9.17, 15) is 5.11 Å². The first-order chi connectivity index (χ1) is 17.2. The zero-order chi connectivity index (χ0) is 29.0. The average Bonchev–Trinajstić information content (AvgIpc) is 2.74. The lowest BCUT2D eigenvalue weighted by molar-refractivity contribution is 0.105. The smallest absolute Gasteiger partial charge is 0.192 e. The third-order valence-corrected chi connectivity index (χ3v) is 13.2. The van der Waals surface area contributed by atoms with Gasteiger partial charge in [-0.2, -0.15) is 0 Å². The summed E-state index contributed by atoms with van der Waals surface area (Å²) in [5.41, 5.74) is 8.46. The van der Waals surface area contributed by atoms with Crippen molar-refractivity contribution in [3.8, 4) is 0 Å². The van der Waals surface area contributed by atoms with Crippen LogP contribution >= 0.6 is 0 Å². The number of aliphatic hydroxyl groups excluding tert-OH is 1. The molecule has 0 saturated heterocycles. The molecule has 1 N–H and O–H groups in total. The highest BCUT2D eigenvalue weighted by Crippen LogP contribution is 2.51. The summed E-state index contributed by atoms with van der Waals surface area (Å²) in [5, 5.41) is 12.1. The van der Waals surface area contributed by atoms with Crippen LogP contribution in [0, 0.1) is 5.41 Å². The van der Waals surface area contributed by atoms with Gasteiger partial charge in [-0.05, 0) is 71.3 Å². The van der Waals surface area contributed by atoms with E-state index in [0.717, 1.165) is 52.1 Å². The lowest BCUT2D eigenvalue weighted by atomic mass is 9.71. The lowest BCUT2D eigenvalue weighted by Gasteiger charge is -2.45. The van der Waals surface area contributed by atoms with Crippen LogP contribution in [0.5, 0.6) is 0 Å². The number of hydrogen-bond acceptors (Lipinski definition) is 3. The van der Waals surface area contributed by atoms with Crippen LogP contribution in [0.15, 0.2) is 30.8 Å². The number of pyridine rings is 1. The molecule has 0 fully saturated rings. The summed E-state index contributed by atoms with van der Waals surface area (Å²) < 4.78 is 7.17. The molecule has 0 saturated carbocycles. The molecule has 3 rings (SSSR count). The topological polar surface area (TPSA) is 42.4 Å². The lowest BCUT2D eigenvalue weighted by Crippen LogP contribution is -2.44. The largest absolute Gasteiger partial charge is 0.410 e. The molecule has 3 nitrogen and oxygen atoms in total. The van der Waals surface area contributed by atoms with Gasteiger partial charge in [0.15, 0.2) is 8.32 Å². The molecule has 0 aliphatic heterocycles. The Hall–Kier alpha value is -1.75. The zero-order valence-corrected chi connectivity index (χ0v) is 27.5. The highest BCUT2D eigenvalue weighted by atomic mass is 28.4. The molecular weight excluding hydrogens is 482 g/mol. The number of benzene rings is 1. The van der Waals surface area contributed by atoms with Crippen molar-refractivity contribution in [2.75, 3.05) is 0 Å². The van der Waals surface area contributed by atoms with Gasteiger partial charge >= 0.3 is 0 Å². The summed E-state index contributed by atoms with van der Waals surface area (Å²) in [4.78, 5) is 5.33. The van der Waals surface area contributed by atoms with Gasteiger partial charge in [-0.1, -0.05) is 106 Å². The van der Waals surface area contributed by atoms with E-state index in [-0.39, 0.29) is 27.9 Å². The SMILES string of the molecule is C=C(C)c1c2c(nc(C(C)C)c1C(O)c1ccc(C(C)(C)C)cc1)CC(C)(C)CC2O[Si](C)(C)C(C)(C)C. The van der Waals surface area contributed by atoms with Crippen molar-refractivity contribution in [2.24, 2.45) is 5.41 Å². The molecule has 0 bridgehead atoms. The highest BCUT2D eigenvalue weighted by molar-refractivity contribution is 6.74. The Kier molecular flexibility index (Phi) is 8.37. The first-order valence-electron chi connectivity index (χ1n) is 14.3. The molecule has 38 heavy (non-hydrogen) atoms. The van der Waals surface area contributed by atoms with E-state index in [1.165, 1.54) is 5.56 Å². The molecule has 0 radical (unpaired) electrons. The van der Waals surface area contributed by atoms with E-state index in [1.807, 2.05) is 0 Å². The van der Waals surface area contributed by atoms with Gasteiger partial charge in [-0.15, -0.1) is 0 Å². The van der Waals surface area contributed by atoms with Crippen LogP contribution in [0.1, 0.15) is 140 Å². The van der Waals surface area contributed by atoms with E-state index in [2.05, 4.69) is 120 Å². The Bertz CT molecular complexity index is 1180. The molecule has 210 valence electrons. The fourth-order valence-corrected chi connectivity index (χ4v) is 6.70. The van der Waals surface area contributed by atoms with Crippen LogP contribution < -0.4 is 0 Å². The molecule has 1 heterocycles. The van der Waals surface area contributed by atoms with E-state index < -0.39 is 14.4 Å². The van der Waals surface area contributed by atoms with Crippen molar-refractivity contribution in [3.05, 3.63) is 70.0 Å². The number of fused-ring (bicyclic) bond motifs is 1. The van der Waals surface area contributed by atoms with Crippen LogP contribution in [0.2, 0.25) is 18.1 Å². The summed E-state index contributed by atoms with van der Waals surface area (Å²) in [7, 11) is -2.07. The average molecular weight is 536 g/mol. The Morgan fingerprint density at radius 1 is 1.08 bits per heavy atom. The van der Waals surface area contributed by atoms with Gasteiger partial charge in [-0.25, -0.2) is 0 Å². The number of nitrogens with zero attached hydrogens (tertiary/aromatic N) is 1. The van der Waals surface area contributed by atoms with Gasteiger partial charge in [0.2, 0.25) is 0 Å². The third kappa shape index (κ3) is 6.18. The molecule has 1 aromatic carbocycles. The van der Waals surface area contributed by atoms with Gasteiger partial charge in [0.25, 0.3) is 0 Å². The minimum absolute atomic E-state index is 0.0595. The Morgan fingerprint density at radius 3 is 2.08 bits per heavy atom. The maximum atomic E-state index is 12.0.